The molecule has 2 rings (SSSR count). The molecule has 1 N–H and O–H groups in total. The fourth-order valence-corrected chi connectivity index (χ4v) is 3.08. The van der Waals surface area contributed by atoms with E-state index in [2.05, 4.69) is 4.98 Å². The third-order valence-corrected chi connectivity index (χ3v) is 4.54. The van der Waals surface area contributed by atoms with E-state index in [-0.39, 0.29) is 43.5 Å². The van der Waals surface area contributed by atoms with E-state index >= 15 is 0 Å². The standard InChI is InChI=1S/C21H23F3N2O5/c1-4-26(18(27)12-30-2)11-14-9-15(21(22,23)24)5-6-16(14)17-7-13(8-19(28)29)10-25-20(17)31-3/h5-7,9-10H,4,8,11-12H2,1-3H3,(H,28,29). The lowest BCUT2D eigenvalue weighted by atomic mass is 9.96. The van der Waals surface area contributed by atoms with E-state index in [1.54, 1.807) is 6.92 Å². The van der Waals surface area contributed by atoms with Crippen molar-refractivity contribution in [2.45, 2.75) is 26.1 Å². The van der Waals surface area contributed by atoms with Gasteiger partial charge in [0, 0.05) is 32.0 Å². The number of carboxylic acids is 1. The number of carbonyl (C=O) groups is 2. The van der Waals surface area contributed by atoms with Gasteiger partial charge in [-0.25, -0.2) is 4.98 Å². The second-order valence-electron chi connectivity index (χ2n) is 6.68. The van der Waals surface area contributed by atoms with Crippen molar-refractivity contribution in [3.05, 3.63) is 47.2 Å². The number of pyridine rings is 1. The molecule has 0 aliphatic rings. The van der Waals surface area contributed by atoms with Gasteiger partial charge in [0.1, 0.15) is 6.61 Å². The number of hydrogen-bond donors (Lipinski definition) is 1. The molecule has 0 aliphatic carbocycles. The largest absolute Gasteiger partial charge is 0.481 e. The summed E-state index contributed by atoms with van der Waals surface area (Å²) in [6, 6.07) is 4.69. The highest BCUT2D eigenvalue weighted by molar-refractivity contribution is 5.79. The molecule has 10 heteroatoms. The highest BCUT2D eigenvalue weighted by Gasteiger charge is 2.31. The predicted molar refractivity (Wildman–Crippen MR) is 106 cm³/mol. The average molecular weight is 440 g/mol. The van der Waals surface area contributed by atoms with E-state index < -0.39 is 17.7 Å². The molecule has 0 radical (unpaired) electrons. The number of likely N-dealkylation sites (N-methyl/N-ethyl adjacent to an activating group) is 1. The second-order valence-corrected chi connectivity index (χ2v) is 6.68. The van der Waals surface area contributed by atoms with Gasteiger partial charge >= 0.3 is 12.1 Å². The number of carbonyl (C=O) groups excluding carboxylic acids is 1. The van der Waals surface area contributed by atoms with Gasteiger partial charge in [0.25, 0.3) is 0 Å². The number of amides is 1. The van der Waals surface area contributed by atoms with E-state index in [0.29, 0.717) is 16.7 Å². The Hall–Kier alpha value is -3.14. The van der Waals surface area contributed by atoms with Gasteiger partial charge in [-0.05, 0) is 41.8 Å². The average Bonchev–Trinajstić information content (AvgIpc) is 2.70. The summed E-state index contributed by atoms with van der Waals surface area (Å²) in [6.45, 7) is 1.65. The van der Waals surface area contributed by atoms with Crippen LogP contribution in [0, 0.1) is 0 Å². The van der Waals surface area contributed by atoms with Crippen LogP contribution in [-0.4, -0.2) is 54.2 Å². The van der Waals surface area contributed by atoms with Crippen molar-refractivity contribution >= 4 is 11.9 Å². The monoisotopic (exact) mass is 440 g/mol. The van der Waals surface area contributed by atoms with Crippen LogP contribution in [0.4, 0.5) is 13.2 Å². The minimum Gasteiger partial charge on any atom is -0.481 e. The second kappa shape index (κ2) is 10.3. The summed E-state index contributed by atoms with van der Waals surface area (Å²) in [7, 11) is 2.71. The summed E-state index contributed by atoms with van der Waals surface area (Å²) in [5.41, 5.74) is 0.397. The molecule has 7 nitrogen and oxygen atoms in total. The van der Waals surface area contributed by atoms with Gasteiger partial charge < -0.3 is 19.5 Å². The molecule has 0 atom stereocenters. The Morgan fingerprint density at radius 1 is 1.16 bits per heavy atom. The number of nitrogens with zero attached hydrogens (tertiary/aromatic N) is 2. The van der Waals surface area contributed by atoms with Crippen LogP contribution in [0.25, 0.3) is 11.1 Å². The summed E-state index contributed by atoms with van der Waals surface area (Å²) >= 11 is 0. The molecule has 0 saturated carbocycles. The van der Waals surface area contributed by atoms with Crippen molar-refractivity contribution in [1.29, 1.82) is 0 Å². The van der Waals surface area contributed by atoms with Gasteiger partial charge in [-0.2, -0.15) is 13.2 Å². The molecule has 0 aliphatic heterocycles. The van der Waals surface area contributed by atoms with Crippen LogP contribution in [-0.2, 0) is 33.5 Å². The van der Waals surface area contributed by atoms with Crippen LogP contribution < -0.4 is 4.74 Å². The molecule has 1 heterocycles. The topological polar surface area (TPSA) is 89.0 Å². The third kappa shape index (κ3) is 6.17. The molecule has 168 valence electrons. The van der Waals surface area contributed by atoms with E-state index in [1.807, 2.05) is 0 Å². The lowest BCUT2D eigenvalue weighted by Crippen LogP contribution is -2.33. The van der Waals surface area contributed by atoms with Gasteiger partial charge in [0.2, 0.25) is 11.8 Å². The molecule has 0 bridgehead atoms. The fourth-order valence-electron chi connectivity index (χ4n) is 3.08. The molecule has 0 saturated heterocycles. The van der Waals surface area contributed by atoms with E-state index in [9.17, 15) is 22.8 Å². The Bertz CT molecular complexity index is 947. The highest BCUT2D eigenvalue weighted by atomic mass is 19.4. The number of methoxy groups -OCH3 is 2. The lowest BCUT2D eigenvalue weighted by Gasteiger charge is -2.23. The van der Waals surface area contributed by atoms with E-state index in [4.69, 9.17) is 14.6 Å². The van der Waals surface area contributed by atoms with Crippen LogP contribution in [0.1, 0.15) is 23.6 Å². The van der Waals surface area contributed by atoms with Crippen molar-refractivity contribution in [3.8, 4) is 17.0 Å². The summed E-state index contributed by atoms with van der Waals surface area (Å²) in [5, 5.41) is 9.06. The zero-order valence-corrected chi connectivity index (χ0v) is 17.3. The molecule has 0 unspecified atom stereocenters. The molecular formula is C21H23F3N2O5. The van der Waals surface area contributed by atoms with Gasteiger partial charge in [0.15, 0.2) is 0 Å². The van der Waals surface area contributed by atoms with E-state index in [0.717, 1.165) is 12.1 Å². The first-order valence-electron chi connectivity index (χ1n) is 9.32. The third-order valence-electron chi connectivity index (χ3n) is 4.54. The van der Waals surface area contributed by atoms with Gasteiger partial charge in [-0.3, -0.25) is 9.59 Å². The first kappa shape index (κ1) is 24.1. The molecule has 0 spiro atoms. The number of rotatable bonds is 9. The van der Waals surface area contributed by atoms with Crippen molar-refractivity contribution in [1.82, 2.24) is 9.88 Å². The van der Waals surface area contributed by atoms with Crippen LogP contribution in [0.3, 0.4) is 0 Å². The summed E-state index contributed by atoms with van der Waals surface area (Å²) in [6.07, 6.45) is -3.55. The molecule has 1 amide bonds. The number of alkyl halides is 3. The zero-order valence-electron chi connectivity index (χ0n) is 17.3. The Morgan fingerprint density at radius 2 is 1.87 bits per heavy atom. The molecular weight excluding hydrogens is 417 g/mol. The van der Waals surface area contributed by atoms with Crippen molar-refractivity contribution in [2.24, 2.45) is 0 Å². The Labute approximate surface area is 177 Å². The number of aromatic nitrogens is 1. The minimum atomic E-state index is -4.58. The molecule has 1 aromatic carbocycles. The predicted octanol–water partition coefficient (Wildman–Crippen LogP) is 3.40. The molecule has 31 heavy (non-hydrogen) atoms. The van der Waals surface area contributed by atoms with Gasteiger partial charge in [0.05, 0.1) is 19.1 Å². The van der Waals surface area contributed by atoms with Crippen molar-refractivity contribution in [2.75, 3.05) is 27.4 Å². The van der Waals surface area contributed by atoms with Crippen LogP contribution >= 0.6 is 0 Å². The SMILES string of the molecule is CCN(Cc1cc(C(F)(F)F)ccc1-c1cc(CC(=O)O)cnc1OC)C(=O)COC. The summed E-state index contributed by atoms with van der Waals surface area (Å²) in [4.78, 5) is 28.8. The van der Waals surface area contributed by atoms with Gasteiger partial charge in [-0.15, -0.1) is 0 Å². The summed E-state index contributed by atoms with van der Waals surface area (Å²) < 4.78 is 50.2. The van der Waals surface area contributed by atoms with E-state index in [1.165, 1.54) is 37.4 Å². The number of hydrogen-bond acceptors (Lipinski definition) is 5. The first-order chi connectivity index (χ1) is 14.6. The Balaban J connectivity index is 2.64. The van der Waals surface area contributed by atoms with Crippen LogP contribution in [0.5, 0.6) is 5.88 Å². The first-order valence-corrected chi connectivity index (χ1v) is 9.32. The number of benzene rings is 1. The smallest absolute Gasteiger partial charge is 0.416 e. The maximum absolute atomic E-state index is 13.4. The zero-order chi connectivity index (χ0) is 23.2. The number of aliphatic carboxylic acids is 1. The quantitative estimate of drug-likeness (QED) is 0.643. The van der Waals surface area contributed by atoms with Crippen LogP contribution in [0.2, 0.25) is 0 Å². The molecule has 0 fully saturated rings. The normalized spacial score (nSPS) is 11.3. The maximum Gasteiger partial charge on any atom is 0.416 e. The van der Waals surface area contributed by atoms with Crippen molar-refractivity contribution in [3.63, 3.8) is 0 Å². The number of ether oxygens (including phenoxy) is 2. The van der Waals surface area contributed by atoms with Gasteiger partial charge in [-0.1, -0.05) is 6.07 Å². The number of halogens is 3. The Morgan fingerprint density at radius 3 is 2.42 bits per heavy atom. The van der Waals surface area contributed by atoms with Crippen molar-refractivity contribution < 1.29 is 37.3 Å². The fraction of sp³-hybridized carbons (Fsp3) is 0.381. The minimum absolute atomic E-state index is 0.107. The lowest BCUT2D eigenvalue weighted by molar-refractivity contribution is -0.138. The summed E-state index contributed by atoms with van der Waals surface area (Å²) in [5.74, 6) is -1.33. The number of carboxylic acid groups (broad SMARTS) is 1. The van der Waals surface area contributed by atoms with Crippen LogP contribution in [0.15, 0.2) is 30.5 Å². The molecule has 2 aromatic rings. The maximum atomic E-state index is 13.4. The Kier molecular flexibility index (Phi) is 7.98. The highest BCUT2D eigenvalue weighted by Crippen LogP contribution is 2.37. The molecule has 1 aromatic heterocycles.